The van der Waals surface area contributed by atoms with Crippen molar-refractivity contribution < 1.29 is 4.21 Å². The SMILES string of the molecule is O=[SH]1(c2ccccc2)CC1. The normalized spacial score (nSPS) is 23.6. The highest BCUT2D eigenvalue weighted by Crippen LogP contribution is 2.29. The third-order valence-corrected chi connectivity index (χ3v) is 4.36. The van der Waals surface area contributed by atoms with E-state index >= 15 is 0 Å². The molecule has 2 rings (SSSR count). The van der Waals surface area contributed by atoms with Gasteiger partial charge in [0.25, 0.3) is 0 Å². The summed E-state index contributed by atoms with van der Waals surface area (Å²) in [7, 11) is -1.77. The van der Waals surface area contributed by atoms with Crippen LogP contribution in [0.25, 0.3) is 0 Å². The second-order valence-corrected chi connectivity index (χ2v) is 5.86. The Labute approximate surface area is 61.5 Å². The molecule has 1 saturated heterocycles. The average Bonchev–Trinajstić information content (AvgIpc) is 2.72. The third kappa shape index (κ3) is 0.886. The van der Waals surface area contributed by atoms with Crippen LogP contribution in [0.1, 0.15) is 0 Å². The van der Waals surface area contributed by atoms with E-state index in [1.807, 2.05) is 30.3 Å². The molecular formula is C8H10OS. The topological polar surface area (TPSA) is 17.1 Å². The van der Waals surface area contributed by atoms with Gasteiger partial charge in [0.2, 0.25) is 0 Å². The molecule has 0 atom stereocenters. The maximum atomic E-state index is 11.5. The van der Waals surface area contributed by atoms with E-state index in [1.165, 1.54) is 0 Å². The van der Waals surface area contributed by atoms with Crippen molar-refractivity contribution in [2.45, 2.75) is 4.90 Å². The minimum absolute atomic E-state index is 0.928. The van der Waals surface area contributed by atoms with Gasteiger partial charge >= 0.3 is 0 Å². The Morgan fingerprint density at radius 2 is 1.70 bits per heavy atom. The average molecular weight is 154 g/mol. The predicted molar refractivity (Wildman–Crippen MR) is 44.0 cm³/mol. The molecule has 0 aromatic heterocycles. The second-order valence-electron chi connectivity index (χ2n) is 2.67. The van der Waals surface area contributed by atoms with Crippen molar-refractivity contribution in [3.05, 3.63) is 30.3 Å². The van der Waals surface area contributed by atoms with Crippen LogP contribution in [0, 0.1) is 0 Å². The van der Waals surface area contributed by atoms with Crippen molar-refractivity contribution in [2.24, 2.45) is 0 Å². The van der Waals surface area contributed by atoms with Gasteiger partial charge < -0.3 is 0 Å². The zero-order valence-electron chi connectivity index (χ0n) is 5.66. The highest BCUT2D eigenvalue weighted by Gasteiger charge is 2.30. The fraction of sp³-hybridized carbons (Fsp3) is 0.250. The molecule has 0 spiro atoms. The highest BCUT2D eigenvalue weighted by molar-refractivity contribution is 8.09. The molecule has 1 aromatic carbocycles. The summed E-state index contributed by atoms with van der Waals surface area (Å²) in [6, 6.07) is 9.79. The van der Waals surface area contributed by atoms with Crippen molar-refractivity contribution in [2.75, 3.05) is 11.5 Å². The van der Waals surface area contributed by atoms with E-state index in [-0.39, 0.29) is 0 Å². The van der Waals surface area contributed by atoms with Crippen LogP contribution in [0.4, 0.5) is 0 Å². The first-order valence-corrected chi connectivity index (χ1v) is 5.53. The maximum absolute atomic E-state index is 11.5. The van der Waals surface area contributed by atoms with E-state index in [1.54, 1.807) is 0 Å². The van der Waals surface area contributed by atoms with Crippen LogP contribution < -0.4 is 0 Å². The summed E-state index contributed by atoms with van der Waals surface area (Å²) in [6.07, 6.45) is 0. The zero-order valence-corrected chi connectivity index (χ0v) is 6.55. The van der Waals surface area contributed by atoms with Gasteiger partial charge in [0.15, 0.2) is 0 Å². The van der Waals surface area contributed by atoms with Crippen LogP contribution >= 0.6 is 0 Å². The Hall–Kier alpha value is -0.630. The van der Waals surface area contributed by atoms with Crippen LogP contribution in [-0.4, -0.2) is 15.7 Å². The lowest BCUT2D eigenvalue weighted by molar-refractivity contribution is 0.684. The number of hydrogen-bond acceptors (Lipinski definition) is 1. The molecule has 0 unspecified atom stereocenters. The van der Waals surface area contributed by atoms with Gasteiger partial charge in [0.1, 0.15) is 0 Å². The first kappa shape index (κ1) is 6.10. The third-order valence-electron chi connectivity index (χ3n) is 1.86. The van der Waals surface area contributed by atoms with E-state index in [4.69, 9.17) is 0 Å². The van der Waals surface area contributed by atoms with Crippen molar-refractivity contribution in [1.29, 1.82) is 0 Å². The lowest BCUT2D eigenvalue weighted by Gasteiger charge is -1.99. The quantitative estimate of drug-likeness (QED) is 0.473. The fourth-order valence-electron chi connectivity index (χ4n) is 1.05. The summed E-state index contributed by atoms with van der Waals surface area (Å²) in [5.74, 6) is 1.86. The Morgan fingerprint density at radius 1 is 1.10 bits per heavy atom. The van der Waals surface area contributed by atoms with Crippen molar-refractivity contribution in [3.8, 4) is 0 Å². The van der Waals surface area contributed by atoms with E-state index in [2.05, 4.69) is 0 Å². The predicted octanol–water partition coefficient (Wildman–Crippen LogP) is 1.08. The fourth-order valence-corrected chi connectivity index (χ4v) is 3.01. The van der Waals surface area contributed by atoms with E-state index < -0.39 is 9.93 Å². The molecule has 0 saturated carbocycles. The number of benzene rings is 1. The summed E-state index contributed by atoms with van der Waals surface area (Å²) >= 11 is 0. The maximum Gasteiger partial charge on any atom is 0.0152 e. The summed E-state index contributed by atoms with van der Waals surface area (Å²) in [5.41, 5.74) is 0. The van der Waals surface area contributed by atoms with E-state index in [0.29, 0.717) is 0 Å². The summed E-state index contributed by atoms with van der Waals surface area (Å²) in [4.78, 5) is 1.06. The van der Waals surface area contributed by atoms with Crippen LogP contribution in [-0.2, 0) is 9.93 Å². The number of rotatable bonds is 1. The molecule has 1 nitrogen and oxygen atoms in total. The van der Waals surface area contributed by atoms with Crippen LogP contribution in [0.15, 0.2) is 35.2 Å². The standard InChI is InChI=1S/C8H10OS/c9-10(6-7-10)8-4-2-1-3-5-8/h1-5,10H,6-7H2. The van der Waals surface area contributed by atoms with E-state index in [0.717, 1.165) is 16.4 Å². The van der Waals surface area contributed by atoms with Gasteiger partial charge in [0, 0.05) is 16.4 Å². The lowest BCUT2D eigenvalue weighted by Crippen LogP contribution is -1.89. The molecule has 0 aliphatic carbocycles. The molecular weight excluding hydrogens is 144 g/mol. The molecule has 0 radical (unpaired) electrons. The molecule has 1 aliphatic rings. The molecule has 10 heavy (non-hydrogen) atoms. The van der Waals surface area contributed by atoms with Gasteiger partial charge in [-0.05, 0) is 12.1 Å². The lowest BCUT2D eigenvalue weighted by atomic mass is 10.4. The number of thiol groups is 1. The van der Waals surface area contributed by atoms with Gasteiger partial charge in [-0.15, -0.1) is 0 Å². The smallest absolute Gasteiger partial charge is 0.0152 e. The molecule has 0 N–H and O–H groups in total. The first-order chi connectivity index (χ1) is 4.81. The van der Waals surface area contributed by atoms with Crippen molar-refractivity contribution in [3.63, 3.8) is 0 Å². The summed E-state index contributed by atoms with van der Waals surface area (Å²) < 4.78 is 11.5. The Morgan fingerprint density at radius 3 is 2.20 bits per heavy atom. The Bertz CT molecular complexity index is 271. The van der Waals surface area contributed by atoms with Gasteiger partial charge in [-0.1, -0.05) is 28.1 Å². The van der Waals surface area contributed by atoms with Gasteiger partial charge in [-0.2, -0.15) is 0 Å². The van der Waals surface area contributed by atoms with Gasteiger partial charge in [-0.25, -0.2) is 0 Å². The molecule has 0 amide bonds. The minimum Gasteiger partial charge on any atom is -0.280 e. The van der Waals surface area contributed by atoms with Gasteiger partial charge in [0.05, 0.1) is 0 Å². The number of hydrogen-bond donors (Lipinski definition) is 1. The Balaban J connectivity index is 2.44. The van der Waals surface area contributed by atoms with E-state index in [9.17, 15) is 4.21 Å². The summed E-state index contributed by atoms with van der Waals surface area (Å²) in [5, 5.41) is 0. The molecule has 2 heteroatoms. The van der Waals surface area contributed by atoms with Crippen molar-refractivity contribution >= 4 is 9.93 Å². The second kappa shape index (κ2) is 1.92. The molecule has 1 aliphatic heterocycles. The molecule has 54 valence electrons. The van der Waals surface area contributed by atoms with Gasteiger partial charge in [-0.3, -0.25) is 4.21 Å². The van der Waals surface area contributed by atoms with Crippen LogP contribution in [0.2, 0.25) is 0 Å². The molecule has 1 aromatic rings. The zero-order chi connectivity index (χ0) is 7.03. The van der Waals surface area contributed by atoms with Crippen LogP contribution in [0.5, 0.6) is 0 Å². The van der Waals surface area contributed by atoms with Crippen molar-refractivity contribution in [1.82, 2.24) is 0 Å². The molecule has 0 bridgehead atoms. The Kier molecular flexibility index (Phi) is 1.17. The minimum atomic E-state index is -1.77. The summed E-state index contributed by atoms with van der Waals surface area (Å²) in [6.45, 7) is 0. The monoisotopic (exact) mass is 154 g/mol. The largest absolute Gasteiger partial charge is 0.280 e. The first-order valence-electron chi connectivity index (χ1n) is 3.45. The highest BCUT2D eigenvalue weighted by atomic mass is 32.3. The van der Waals surface area contributed by atoms with Crippen LogP contribution in [0.3, 0.4) is 0 Å². The molecule has 1 heterocycles. The molecule has 1 fully saturated rings.